The molecular formula is C16H14FN5O. The number of aromatic nitrogens is 4. The van der Waals surface area contributed by atoms with Gasteiger partial charge in [-0.3, -0.25) is 9.78 Å². The van der Waals surface area contributed by atoms with Gasteiger partial charge in [0.05, 0.1) is 18.2 Å². The number of hydrogen-bond acceptors (Lipinski definition) is 4. The molecule has 6 nitrogen and oxygen atoms in total. The average Bonchev–Trinajstić information content (AvgIpc) is 2.90. The Kier molecular flexibility index (Phi) is 3.84. The number of rotatable bonds is 3. The molecule has 2 heterocycles. The highest BCUT2D eigenvalue weighted by Crippen LogP contribution is 2.26. The number of nitrogens with one attached hydrogen (secondary N) is 1. The van der Waals surface area contributed by atoms with Crippen molar-refractivity contribution >= 4 is 11.7 Å². The van der Waals surface area contributed by atoms with Crippen LogP contribution in [0.3, 0.4) is 0 Å². The molecule has 0 fully saturated rings. The zero-order valence-electron chi connectivity index (χ0n) is 12.6. The molecule has 23 heavy (non-hydrogen) atoms. The molecule has 0 saturated carbocycles. The summed E-state index contributed by atoms with van der Waals surface area (Å²) in [6.07, 6.45) is 4.52. The van der Waals surface area contributed by atoms with Crippen LogP contribution in [0.4, 0.5) is 10.2 Å². The Labute approximate surface area is 132 Å². The van der Waals surface area contributed by atoms with Gasteiger partial charge in [-0.1, -0.05) is 0 Å². The molecule has 116 valence electrons. The summed E-state index contributed by atoms with van der Waals surface area (Å²) in [5, 5.41) is 2.77. The van der Waals surface area contributed by atoms with Crippen molar-refractivity contribution in [3.05, 3.63) is 60.2 Å². The van der Waals surface area contributed by atoms with Crippen molar-refractivity contribution in [2.45, 2.75) is 6.92 Å². The van der Waals surface area contributed by atoms with E-state index in [1.807, 2.05) is 0 Å². The predicted octanol–water partition coefficient (Wildman–Crippen LogP) is 2.58. The van der Waals surface area contributed by atoms with E-state index in [0.717, 1.165) is 5.69 Å². The van der Waals surface area contributed by atoms with Crippen molar-refractivity contribution in [2.24, 2.45) is 7.05 Å². The monoisotopic (exact) mass is 311 g/mol. The van der Waals surface area contributed by atoms with Gasteiger partial charge in [0.15, 0.2) is 0 Å². The van der Waals surface area contributed by atoms with Gasteiger partial charge in [-0.25, -0.2) is 14.4 Å². The highest BCUT2D eigenvalue weighted by molar-refractivity contribution is 6.03. The number of nitrogens with zero attached hydrogens (tertiary/aromatic N) is 4. The van der Waals surface area contributed by atoms with Gasteiger partial charge in [0.2, 0.25) is 0 Å². The summed E-state index contributed by atoms with van der Waals surface area (Å²) in [6, 6.07) is 5.92. The van der Waals surface area contributed by atoms with Crippen molar-refractivity contribution in [3.63, 3.8) is 0 Å². The number of imidazole rings is 1. The van der Waals surface area contributed by atoms with Gasteiger partial charge in [0, 0.05) is 18.8 Å². The van der Waals surface area contributed by atoms with Crippen LogP contribution in [-0.4, -0.2) is 25.4 Å². The van der Waals surface area contributed by atoms with Crippen molar-refractivity contribution in [2.75, 3.05) is 5.32 Å². The number of carbonyl (C=O) groups is 1. The molecule has 0 aliphatic heterocycles. The van der Waals surface area contributed by atoms with Crippen LogP contribution < -0.4 is 5.32 Å². The van der Waals surface area contributed by atoms with E-state index in [1.165, 1.54) is 24.5 Å². The largest absolute Gasteiger partial charge is 0.320 e. The van der Waals surface area contributed by atoms with Crippen LogP contribution in [0.5, 0.6) is 0 Å². The van der Waals surface area contributed by atoms with E-state index in [9.17, 15) is 9.18 Å². The third kappa shape index (κ3) is 3.08. The number of aryl methyl sites for hydroxylation is 2. The molecule has 1 aromatic carbocycles. The lowest BCUT2D eigenvalue weighted by Crippen LogP contribution is -2.16. The summed E-state index contributed by atoms with van der Waals surface area (Å²) >= 11 is 0. The topological polar surface area (TPSA) is 72.7 Å². The lowest BCUT2D eigenvalue weighted by atomic mass is 10.1. The first kappa shape index (κ1) is 14.8. The minimum atomic E-state index is -0.385. The fourth-order valence-corrected chi connectivity index (χ4v) is 2.08. The first-order valence-electron chi connectivity index (χ1n) is 6.92. The molecule has 0 radical (unpaired) electrons. The second-order valence-corrected chi connectivity index (χ2v) is 5.06. The van der Waals surface area contributed by atoms with Crippen LogP contribution in [0.1, 0.15) is 16.2 Å². The van der Waals surface area contributed by atoms with Gasteiger partial charge in [-0.05, 0) is 31.2 Å². The molecule has 1 amide bonds. The lowest BCUT2D eigenvalue weighted by Gasteiger charge is -2.08. The van der Waals surface area contributed by atoms with Gasteiger partial charge in [0.1, 0.15) is 23.0 Å². The molecule has 0 saturated heterocycles. The summed E-state index contributed by atoms with van der Waals surface area (Å²) in [7, 11) is 1.76. The number of benzene rings is 1. The normalized spacial score (nSPS) is 10.6. The van der Waals surface area contributed by atoms with Crippen LogP contribution in [0.15, 0.2) is 43.0 Å². The molecule has 0 aliphatic rings. The molecule has 3 rings (SSSR count). The Morgan fingerprint density at radius 1 is 1.13 bits per heavy atom. The predicted molar refractivity (Wildman–Crippen MR) is 83.3 cm³/mol. The third-order valence-corrected chi connectivity index (χ3v) is 3.30. The van der Waals surface area contributed by atoms with Gasteiger partial charge >= 0.3 is 0 Å². The molecule has 3 aromatic rings. The van der Waals surface area contributed by atoms with Gasteiger partial charge in [-0.2, -0.15) is 0 Å². The fraction of sp³-hybridized carbons (Fsp3) is 0.125. The van der Waals surface area contributed by atoms with Crippen molar-refractivity contribution < 1.29 is 9.18 Å². The molecule has 2 aromatic heterocycles. The Morgan fingerprint density at radius 2 is 1.87 bits per heavy atom. The summed E-state index contributed by atoms with van der Waals surface area (Å²) in [5.41, 5.74) is 2.20. The second-order valence-electron chi connectivity index (χ2n) is 5.06. The SMILES string of the molecule is Cc1cnc(C(=O)Nc2c(-c3ccc(F)cc3)ncn2C)cn1. The fourth-order valence-electron chi connectivity index (χ4n) is 2.08. The second kappa shape index (κ2) is 5.96. The van der Waals surface area contributed by atoms with Crippen molar-refractivity contribution in [1.29, 1.82) is 0 Å². The standard InChI is InChI=1S/C16H14FN5O/c1-10-7-19-13(8-18-10)16(23)21-15-14(20-9-22(15)2)11-3-5-12(17)6-4-11/h3-9H,1-2H3,(H,21,23). The maximum absolute atomic E-state index is 13.1. The van der Waals surface area contributed by atoms with E-state index in [-0.39, 0.29) is 17.4 Å². The first-order chi connectivity index (χ1) is 11.0. The molecule has 0 aliphatic carbocycles. The van der Waals surface area contributed by atoms with Crippen LogP contribution in [-0.2, 0) is 7.05 Å². The van der Waals surface area contributed by atoms with Gasteiger partial charge < -0.3 is 9.88 Å². The molecule has 7 heteroatoms. The molecule has 0 bridgehead atoms. The zero-order valence-corrected chi connectivity index (χ0v) is 12.6. The van der Waals surface area contributed by atoms with Gasteiger partial charge in [-0.15, -0.1) is 0 Å². The number of hydrogen-bond donors (Lipinski definition) is 1. The molecule has 0 unspecified atom stereocenters. The number of anilines is 1. The van der Waals surface area contributed by atoms with E-state index in [1.54, 1.807) is 37.0 Å². The van der Waals surface area contributed by atoms with Crippen LogP contribution >= 0.6 is 0 Å². The summed E-state index contributed by atoms with van der Waals surface area (Å²) < 4.78 is 14.7. The quantitative estimate of drug-likeness (QED) is 0.807. The highest BCUT2D eigenvalue weighted by Gasteiger charge is 2.16. The first-order valence-corrected chi connectivity index (χ1v) is 6.92. The minimum absolute atomic E-state index is 0.210. The minimum Gasteiger partial charge on any atom is -0.320 e. The number of carbonyl (C=O) groups excluding carboxylic acids is 1. The maximum Gasteiger partial charge on any atom is 0.277 e. The third-order valence-electron chi connectivity index (χ3n) is 3.30. The van der Waals surface area contributed by atoms with Gasteiger partial charge in [0.25, 0.3) is 5.91 Å². The van der Waals surface area contributed by atoms with E-state index < -0.39 is 0 Å². The van der Waals surface area contributed by atoms with Crippen molar-refractivity contribution in [3.8, 4) is 11.3 Å². The Morgan fingerprint density at radius 3 is 2.52 bits per heavy atom. The number of halogens is 1. The smallest absolute Gasteiger partial charge is 0.277 e. The van der Waals surface area contributed by atoms with E-state index in [0.29, 0.717) is 17.1 Å². The Balaban J connectivity index is 1.91. The van der Waals surface area contributed by atoms with Crippen molar-refractivity contribution in [1.82, 2.24) is 19.5 Å². The Hall–Kier alpha value is -3.09. The summed E-state index contributed by atoms with van der Waals surface area (Å²) in [4.78, 5) is 24.7. The van der Waals surface area contributed by atoms with Crippen LogP contribution in [0, 0.1) is 12.7 Å². The molecule has 1 N–H and O–H groups in total. The highest BCUT2D eigenvalue weighted by atomic mass is 19.1. The zero-order chi connectivity index (χ0) is 16.4. The number of amides is 1. The maximum atomic E-state index is 13.1. The summed E-state index contributed by atoms with van der Waals surface area (Å²) in [6.45, 7) is 1.79. The Bertz CT molecular complexity index is 840. The molecular weight excluding hydrogens is 297 g/mol. The van der Waals surface area contributed by atoms with E-state index >= 15 is 0 Å². The summed E-state index contributed by atoms with van der Waals surface area (Å²) in [5.74, 6) is -0.210. The lowest BCUT2D eigenvalue weighted by molar-refractivity contribution is 0.102. The molecule has 0 spiro atoms. The molecule has 0 atom stereocenters. The van der Waals surface area contributed by atoms with E-state index in [4.69, 9.17) is 0 Å². The van der Waals surface area contributed by atoms with Crippen LogP contribution in [0.25, 0.3) is 11.3 Å². The average molecular weight is 311 g/mol. The van der Waals surface area contributed by atoms with E-state index in [2.05, 4.69) is 20.3 Å². The van der Waals surface area contributed by atoms with Crippen LogP contribution in [0.2, 0.25) is 0 Å².